The van der Waals surface area contributed by atoms with Gasteiger partial charge in [-0.25, -0.2) is 4.79 Å². The number of carbonyl (C=O) groups excluding carboxylic acids is 1. The Kier molecular flexibility index (Phi) is 4.76. The van der Waals surface area contributed by atoms with Crippen molar-refractivity contribution in [1.82, 2.24) is 15.5 Å². The molecule has 0 radical (unpaired) electrons. The van der Waals surface area contributed by atoms with Crippen molar-refractivity contribution in [3.8, 4) is 0 Å². The van der Waals surface area contributed by atoms with E-state index in [2.05, 4.69) is 29.5 Å². The molecule has 1 saturated carbocycles. The summed E-state index contributed by atoms with van der Waals surface area (Å²) in [6, 6.07) is -0.248. The van der Waals surface area contributed by atoms with Crippen LogP contribution in [0.3, 0.4) is 0 Å². The third-order valence-corrected chi connectivity index (χ3v) is 5.22. The van der Waals surface area contributed by atoms with Gasteiger partial charge in [0.05, 0.1) is 5.41 Å². The van der Waals surface area contributed by atoms with Crippen LogP contribution in [0.25, 0.3) is 0 Å². The molecule has 3 N–H and O–H groups in total. The SMILES string of the molecule is CN1CCC(C)(CNC(=O)NCC2(C(=O)O)CCC2)CC1. The average molecular weight is 297 g/mol. The molecule has 6 heteroatoms. The molecule has 0 aromatic rings. The number of piperidine rings is 1. The monoisotopic (exact) mass is 297 g/mol. The zero-order valence-electron chi connectivity index (χ0n) is 13.1. The number of hydrogen-bond donors (Lipinski definition) is 3. The third kappa shape index (κ3) is 3.87. The van der Waals surface area contributed by atoms with Gasteiger partial charge in [-0.3, -0.25) is 4.79 Å². The molecular formula is C15H27N3O3. The minimum atomic E-state index is -0.795. The van der Waals surface area contributed by atoms with Gasteiger partial charge in [0.15, 0.2) is 0 Å². The zero-order valence-corrected chi connectivity index (χ0v) is 13.1. The number of rotatable bonds is 5. The van der Waals surface area contributed by atoms with Gasteiger partial charge >= 0.3 is 12.0 Å². The Balaban J connectivity index is 1.71. The van der Waals surface area contributed by atoms with Crippen LogP contribution in [0.1, 0.15) is 39.0 Å². The molecule has 0 spiro atoms. The molecule has 6 nitrogen and oxygen atoms in total. The van der Waals surface area contributed by atoms with Crippen LogP contribution in [0.15, 0.2) is 0 Å². The fourth-order valence-corrected chi connectivity index (χ4v) is 3.01. The molecular weight excluding hydrogens is 270 g/mol. The average Bonchev–Trinajstić information content (AvgIpc) is 2.39. The van der Waals surface area contributed by atoms with Crippen LogP contribution in [0.5, 0.6) is 0 Å². The quantitative estimate of drug-likeness (QED) is 0.714. The molecule has 0 aromatic heterocycles. The summed E-state index contributed by atoms with van der Waals surface area (Å²) in [7, 11) is 2.11. The van der Waals surface area contributed by atoms with Crippen molar-refractivity contribution in [2.45, 2.75) is 39.0 Å². The van der Waals surface area contributed by atoms with Crippen molar-refractivity contribution in [1.29, 1.82) is 0 Å². The van der Waals surface area contributed by atoms with E-state index in [1.165, 1.54) is 0 Å². The van der Waals surface area contributed by atoms with E-state index in [1.54, 1.807) is 0 Å². The highest BCUT2D eigenvalue weighted by molar-refractivity contribution is 5.78. The molecule has 0 aromatic carbocycles. The van der Waals surface area contributed by atoms with Gasteiger partial charge in [-0.05, 0) is 51.2 Å². The fourth-order valence-electron chi connectivity index (χ4n) is 3.01. The molecule has 0 unspecified atom stereocenters. The van der Waals surface area contributed by atoms with Gasteiger partial charge in [0, 0.05) is 13.1 Å². The molecule has 21 heavy (non-hydrogen) atoms. The van der Waals surface area contributed by atoms with Crippen LogP contribution < -0.4 is 10.6 Å². The molecule has 1 aliphatic heterocycles. The summed E-state index contributed by atoms with van der Waals surface area (Å²) >= 11 is 0. The van der Waals surface area contributed by atoms with Crippen LogP contribution in [-0.2, 0) is 4.79 Å². The van der Waals surface area contributed by atoms with E-state index in [0.717, 1.165) is 32.4 Å². The first-order valence-electron chi connectivity index (χ1n) is 7.79. The third-order valence-electron chi connectivity index (χ3n) is 5.22. The van der Waals surface area contributed by atoms with Crippen molar-refractivity contribution in [2.75, 3.05) is 33.2 Å². The van der Waals surface area contributed by atoms with Crippen molar-refractivity contribution in [2.24, 2.45) is 10.8 Å². The fraction of sp³-hybridized carbons (Fsp3) is 0.867. The maximum Gasteiger partial charge on any atom is 0.314 e. The first kappa shape index (κ1) is 16.1. The lowest BCUT2D eigenvalue weighted by Crippen LogP contribution is -2.51. The van der Waals surface area contributed by atoms with E-state index in [1.807, 2.05) is 0 Å². The van der Waals surface area contributed by atoms with Crippen LogP contribution in [0.4, 0.5) is 4.79 Å². The van der Waals surface area contributed by atoms with Crippen LogP contribution in [0.2, 0.25) is 0 Å². The van der Waals surface area contributed by atoms with Gasteiger partial charge in [0.25, 0.3) is 0 Å². The lowest BCUT2D eigenvalue weighted by molar-refractivity contribution is -0.153. The summed E-state index contributed by atoms with van der Waals surface area (Å²) in [5.41, 5.74) is -0.584. The van der Waals surface area contributed by atoms with Crippen molar-refractivity contribution in [3.05, 3.63) is 0 Å². The first-order valence-corrected chi connectivity index (χ1v) is 7.79. The Morgan fingerprint density at radius 2 is 1.67 bits per heavy atom. The zero-order chi connectivity index (χ0) is 15.5. The summed E-state index contributed by atoms with van der Waals surface area (Å²) in [6.45, 7) is 5.19. The van der Waals surface area contributed by atoms with Gasteiger partial charge in [-0.15, -0.1) is 0 Å². The van der Waals surface area contributed by atoms with Crippen LogP contribution in [-0.4, -0.2) is 55.2 Å². The van der Waals surface area contributed by atoms with Gasteiger partial charge in [-0.2, -0.15) is 0 Å². The lowest BCUT2D eigenvalue weighted by atomic mass is 9.69. The molecule has 1 saturated heterocycles. The van der Waals surface area contributed by atoms with E-state index >= 15 is 0 Å². The molecule has 2 rings (SSSR count). The lowest BCUT2D eigenvalue weighted by Gasteiger charge is -2.39. The normalized spacial score (nSPS) is 23.9. The smallest absolute Gasteiger partial charge is 0.314 e. The molecule has 1 heterocycles. The predicted octanol–water partition coefficient (Wildman–Crippen LogP) is 1.27. The number of carbonyl (C=O) groups is 2. The molecule has 0 atom stereocenters. The largest absolute Gasteiger partial charge is 0.481 e. The number of hydrogen-bond acceptors (Lipinski definition) is 3. The van der Waals surface area contributed by atoms with Gasteiger partial charge < -0.3 is 20.6 Å². The molecule has 2 amide bonds. The van der Waals surface area contributed by atoms with E-state index in [0.29, 0.717) is 19.4 Å². The number of aliphatic carboxylic acids is 1. The number of amides is 2. The molecule has 0 bridgehead atoms. The second-order valence-electron chi connectivity index (χ2n) is 7.09. The van der Waals surface area contributed by atoms with E-state index < -0.39 is 11.4 Å². The maximum atomic E-state index is 11.9. The number of nitrogens with zero attached hydrogens (tertiary/aromatic N) is 1. The Morgan fingerprint density at radius 1 is 1.10 bits per heavy atom. The number of carboxylic acids is 1. The molecule has 120 valence electrons. The molecule has 1 aliphatic carbocycles. The van der Waals surface area contributed by atoms with Crippen molar-refractivity contribution >= 4 is 12.0 Å². The number of urea groups is 1. The highest BCUT2D eigenvalue weighted by Crippen LogP contribution is 2.40. The minimum absolute atomic E-state index is 0.144. The summed E-state index contributed by atoms with van der Waals surface area (Å²) in [6.07, 6.45) is 4.40. The minimum Gasteiger partial charge on any atom is -0.481 e. The summed E-state index contributed by atoms with van der Waals surface area (Å²) in [5.74, 6) is -0.795. The number of likely N-dealkylation sites (tertiary alicyclic amines) is 1. The summed E-state index contributed by atoms with van der Waals surface area (Å²) in [5, 5.41) is 14.9. The standard InChI is InChI=1S/C15H27N3O3/c1-14(6-8-18(2)9-7-14)10-16-13(21)17-11-15(12(19)20)4-3-5-15/h3-11H2,1-2H3,(H,19,20)(H2,16,17,21). The van der Waals surface area contributed by atoms with Crippen molar-refractivity contribution < 1.29 is 14.7 Å². The van der Waals surface area contributed by atoms with Gasteiger partial charge in [0.2, 0.25) is 0 Å². The highest BCUT2D eigenvalue weighted by Gasteiger charge is 2.44. The summed E-state index contributed by atoms with van der Waals surface area (Å²) < 4.78 is 0. The Bertz CT molecular complexity index is 399. The van der Waals surface area contributed by atoms with E-state index in [-0.39, 0.29) is 18.0 Å². The van der Waals surface area contributed by atoms with Crippen molar-refractivity contribution in [3.63, 3.8) is 0 Å². The van der Waals surface area contributed by atoms with Crippen LogP contribution in [0, 0.1) is 10.8 Å². The van der Waals surface area contributed by atoms with Crippen LogP contribution >= 0.6 is 0 Å². The Morgan fingerprint density at radius 3 is 2.14 bits per heavy atom. The second kappa shape index (κ2) is 6.22. The highest BCUT2D eigenvalue weighted by atomic mass is 16.4. The second-order valence-corrected chi connectivity index (χ2v) is 7.09. The predicted molar refractivity (Wildman–Crippen MR) is 80.2 cm³/mol. The van der Waals surface area contributed by atoms with Gasteiger partial charge in [0.1, 0.15) is 0 Å². The van der Waals surface area contributed by atoms with Gasteiger partial charge in [-0.1, -0.05) is 13.3 Å². The first-order chi connectivity index (χ1) is 9.85. The molecule has 2 fully saturated rings. The molecule has 2 aliphatic rings. The Labute approximate surface area is 126 Å². The van der Waals surface area contributed by atoms with E-state index in [4.69, 9.17) is 0 Å². The number of carboxylic acid groups (broad SMARTS) is 1. The van der Waals surface area contributed by atoms with E-state index in [9.17, 15) is 14.7 Å². The Hall–Kier alpha value is -1.30. The topological polar surface area (TPSA) is 81.7 Å². The summed E-state index contributed by atoms with van der Waals surface area (Å²) in [4.78, 5) is 25.4. The number of nitrogens with one attached hydrogen (secondary N) is 2. The maximum absolute atomic E-state index is 11.9.